The van der Waals surface area contributed by atoms with Gasteiger partial charge in [0.05, 0.1) is 16.3 Å². The molecule has 21 heavy (non-hydrogen) atoms. The van der Waals surface area contributed by atoms with Crippen LogP contribution in [0.4, 0.5) is 10.2 Å². The Kier molecular flexibility index (Phi) is 3.65. The number of aromatic nitrogens is 2. The van der Waals surface area contributed by atoms with Gasteiger partial charge in [0, 0.05) is 18.7 Å². The lowest BCUT2D eigenvalue weighted by molar-refractivity contribution is 0.102. The Hall–Kier alpha value is -1.92. The zero-order valence-corrected chi connectivity index (χ0v) is 12.2. The van der Waals surface area contributed by atoms with Crippen molar-refractivity contribution in [1.82, 2.24) is 15.1 Å². The molecule has 0 aliphatic carbocycles. The summed E-state index contributed by atoms with van der Waals surface area (Å²) in [6.45, 7) is 1.63. The lowest BCUT2D eigenvalue weighted by atomic mass is 10.1. The van der Waals surface area contributed by atoms with Gasteiger partial charge < -0.3 is 10.2 Å². The first-order valence-electron chi connectivity index (χ1n) is 6.56. The van der Waals surface area contributed by atoms with Crippen LogP contribution in [0.1, 0.15) is 21.6 Å². The van der Waals surface area contributed by atoms with Gasteiger partial charge in [-0.2, -0.15) is 5.10 Å². The van der Waals surface area contributed by atoms with Crippen molar-refractivity contribution in [3.8, 4) is 0 Å². The molecule has 1 amide bonds. The van der Waals surface area contributed by atoms with Crippen LogP contribution < -0.4 is 5.32 Å². The van der Waals surface area contributed by atoms with Crippen molar-refractivity contribution < 1.29 is 9.18 Å². The van der Waals surface area contributed by atoms with E-state index in [9.17, 15) is 9.18 Å². The molecule has 1 aromatic heterocycles. The van der Waals surface area contributed by atoms with Crippen LogP contribution in [0.25, 0.3) is 0 Å². The number of aromatic amines is 1. The van der Waals surface area contributed by atoms with Crippen LogP contribution in [0, 0.1) is 5.82 Å². The van der Waals surface area contributed by atoms with E-state index in [2.05, 4.69) is 20.4 Å². The van der Waals surface area contributed by atoms with Crippen molar-refractivity contribution >= 4 is 23.3 Å². The molecule has 0 spiro atoms. The number of rotatable bonds is 2. The SMILES string of the molecule is CN1CCc2c(NC(=O)c3c(F)cccc3Cl)n[nH]c2C1. The molecule has 0 atom stereocenters. The van der Waals surface area contributed by atoms with Crippen molar-refractivity contribution in [1.29, 1.82) is 0 Å². The van der Waals surface area contributed by atoms with E-state index in [1.54, 1.807) is 0 Å². The molecule has 0 fully saturated rings. The van der Waals surface area contributed by atoms with Gasteiger partial charge in [0.15, 0.2) is 5.82 Å². The Morgan fingerprint density at radius 2 is 2.33 bits per heavy atom. The molecule has 2 heterocycles. The predicted molar refractivity (Wildman–Crippen MR) is 78.0 cm³/mol. The van der Waals surface area contributed by atoms with E-state index < -0.39 is 11.7 Å². The molecule has 0 radical (unpaired) electrons. The summed E-state index contributed by atoms with van der Waals surface area (Å²) in [5, 5.41) is 9.74. The molecule has 1 aliphatic rings. The van der Waals surface area contributed by atoms with E-state index in [1.165, 1.54) is 18.2 Å². The summed E-state index contributed by atoms with van der Waals surface area (Å²) in [6.07, 6.45) is 0.781. The number of hydrogen-bond acceptors (Lipinski definition) is 3. The molecule has 110 valence electrons. The fourth-order valence-electron chi connectivity index (χ4n) is 2.44. The first-order valence-corrected chi connectivity index (χ1v) is 6.94. The molecule has 3 rings (SSSR count). The first-order chi connectivity index (χ1) is 10.1. The summed E-state index contributed by atoms with van der Waals surface area (Å²) < 4.78 is 13.7. The number of likely N-dealkylation sites (N-methyl/N-ethyl adjacent to an activating group) is 1. The number of carbonyl (C=O) groups is 1. The topological polar surface area (TPSA) is 61.0 Å². The highest BCUT2D eigenvalue weighted by atomic mass is 35.5. The number of fused-ring (bicyclic) bond motifs is 1. The maximum absolute atomic E-state index is 13.7. The normalized spacial score (nSPS) is 14.8. The Morgan fingerprint density at radius 3 is 3.10 bits per heavy atom. The summed E-state index contributed by atoms with van der Waals surface area (Å²) >= 11 is 5.89. The number of amides is 1. The van der Waals surface area contributed by atoms with Gasteiger partial charge in [-0.3, -0.25) is 9.89 Å². The maximum atomic E-state index is 13.7. The average Bonchev–Trinajstić information content (AvgIpc) is 2.80. The van der Waals surface area contributed by atoms with Gasteiger partial charge in [-0.15, -0.1) is 0 Å². The average molecular weight is 309 g/mol. The highest BCUT2D eigenvalue weighted by Gasteiger charge is 2.23. The van der Waals surface area contributed by atoms with E-state index in [4.69, 9.17) is 11.6 Å². The van der Waals surface area contributed by atoms with Crippen molar-refractivity contribution in [3.63, 3.8) is 0 Å². The highest BCUT2D eigenvalue weighted by Crippen LogP contribution is 2.25. The summed E-state index contributed by atoms with van der Waals surface area (Å²) in [4.78, 5) is 14.4. The molecule has 2 aromatic rings. The molecule has 1 aromatic carbocycles. The van der Waals surface area contributed by atoms with E-state index in [0.717, 1.165) is 30.8 Å². The van der Waals surface area contributed by atoms with E-state index in [0.29, 0.717) is 5.82 Å². The Bertz CT molecular complexity index is 680. The van der Waals surface area contributed by atoms with Gasteiger partial charge in [-0.25, -0.2) is 4.39 Å². The zero-order valence-electron chi connectivity index (χ0n) is 11.4. The van der Waals surface area contributed by atoms with E-state index >= 15 is 0 Å². The number of anilines is 1. The molecule has 1 aliphatic heterocycles. The molecule has 0 unspecified atom stereocenters. The van der Waals surface area contributed by atoms with Crippen LogP contribution in [0.15, 0.2) is 18.2 Å². The quantitative estimate of drug-likeness (QED) is 0.896. The standard InChI is InChI=1S/C14H14ClFN4O/c1-20-6-5-8-11(7-20)18-19-13(8)17-14(21)12-9(15)3-2-4-10(12)16/h2-4H,5-7H2,1H3,(H2,17,18,19,21). The molecule has 0 saturated heterocycles. The van der Waals surface area contributed by atoms with Gasteiger partial charge in [-0.05, 0) is 25.6 Å². The lowest BCUT2D eigenvalue weighted by Crippen LogP contribution is -2.26. The molecule has 7 heteroatoms. The Labute approximate surface area is 126 Å². The van der Waals surface area contributed by atoms with Crippen LogP contribution in [-0.2, 0) is 13.0 Å². The Balaban J connectivity index is 1.86. The maximum Gasteiger partial charge on any atom is 0.261 e. The first kappa shape index (κ1) is 14.0. The summed E-state index contributed by atoms with van der Waals surface area (Å²) in [5.74, 6) is -0.794. The van der Waals surface area contributed by atoms with Crippen LogP contribution in [0.3, 0.4) is 0 Å². The molecule has 0 bridgehead atoms. The van der Waals surface area contributed by atoms with Gasteiger partial charge in [0.25, 0.3) is 5.91 Å². The smallest absolute Gasteiger partial charge is 0.261 e. The largest absolute Gasteiger partial charge is 0.305 e. The minimum atomic E-state index is -0.649. The third-order valence-electron chi connectivity index (χ3n) is 3.55. The molecule has 0 saturated carbocycles. The third kappa shape index (κ3) is 2.64. The van der Waals surface area contributed by atoms with Gasteiger partial charge in [0.1, 0.15) is 5.82 Å². The van der Waals surface area contributed by atoms with Crippen LogP contribution in [-0.4, -0.2) is 34.6 Å². The lowest BCUT2D eigenvalue weighted by Gasteiger charge is -2.21. The summed E-state index contributed by atoms with van der Waals surface area (Å²) in [7, 11) is 2.02. The summed E-state index contributed by atoms with van der Waals surface area (Å²) in [5.41, 5.74) is 1.77. The number of nitrogens with one attached hydrogen (secondary N) is 2. The number of carbonyl (C=O) groups excluding carboxylic acids is 1. The van der Waals surface area contributed by atoms with Gasteiger partial charge in [0.2, 0.25) is 0 Å². The van der Waals surface area contributed by atoms with Crippen molar-refractivity contribution in [2.24, 2.45) is 0 Å². The predicted octanol–water partition coefficient (Wildman–Crippen LogP) is 2.44. The Morgan fingerprint density at radius 1 is 1.52 bits per heavy atom. The minimum absolute atomic E-state index is 0.0802. The fraction of sp³-hybridized carbons (Fsp3) is 0.286. The van der Waals surface area contributed by atoms with Crippen LogP contribution in [0.2, 0.25) is 5.02 Å². The zero-order chi connectivity index (χ0) is 15.0. The molecule has 5 nitrogen and oxygen atoms in total. The van der Waals surface area contributed by atoms with Crippen molar-refractivity contribution in [3.05, 3.63) is 45.9 Å². The summed E-state index contributed by atoms with van der Waals surface area (Å²) in [6, 6.07) is 4.14. The number of benzene rings is 1. The minimum Gasteiger partial charge on any atom is -0.305 e. The van der Waals surface area contributed by atoms with Gasteiger partial charge in [-0.1, -0.05) is 17.7 Å². The van der Waals surface area contributed by atoms with Gasteiger partial charge >= 0.3 is 0 Å². The van der Waals surface area contributed by atoms with Crippen molar-refractivity contribution in [2.75, 3.05) is 18.9 Å². The molecular weight excluding hydrogens is 295 g/mol. The third-order valence-corrected chi connectivity index (χ3v) is 3.86. The molecule has 2 N–H and O–H groups in total. The van der Waals surface area contributed by atoms with Crippen LogP contribution in [0.5, 0.6) is 0 Å². The number of hydrogen-bond donors (Lipinski definition) is 2. The van der Waals surface area contributed by atoms with Crippen LogP contribution >= 0.6 is 11.6 Å². The number of H-pyrrole nitrogens is 1. The van der Waals surface area contributed by atoms with E-state index in [1.807, 2.05) is 7.05 Å². The second-order valence-electron chi connectivity index (χ2n) is 5.07. The monoisotopic (exact) mass is 308 g/mol. The second-order valence-corrected chi connectivity index (χ2v) is 5.48. The second kappa shape index (κ2) is 5.46. The highest BCUT2D eigenvalue weighted by molar-refractivity contribution is 6.34. The molecular formula is C14H14ClFN4O. The number of nitrogens with zero attached hydrogens (tertiary/aromatic N) is 2. The van der Waals surface area contributed by atoms with E-state index in [-0.39, 0.29) is 10.6 Å². The van der Waals surface area contributed by atoms with Crippen molar-refractivity contribution in [2.45, 2.75) is 13.0 Å². The number of halogens is 2. The fourth-order valence-corrected chi connectivity index (χ4v) is 2.69.